The van der Waals surface area contributed by atoms with Crippen molar-refractivity contribution in [3.05, 3.63) is 30.2 Å². The zero-order valence-corrected chi connectivity index (χ0v) is 14.0. The summed E-state index contributed by atoms with van der Waals surface area (Å²) in [4.78, 5) is 15.5. The molecule has 0 N–H and O–H groups in total. The molecule has 2 aliphatic rings. The molecule has 2 aromatic heterocycles. The number of fused-ring (bicyclic) bond motifs is 1. The summed E-state index contributed by atoms with van der Waals surface area (Å²) in [5.41, 5.74) is 2.44. The first kappa shape index (κ1) is 16.2. The van der Waals surface area contributed by atoms with Crippen molar-refractivity contribution in [2.45, 2.75) is 45.3 Å². The predicted molar refractivity (Wildman–Crippen MR) is 86.4 cm³/mol. The van der Waals surface area contributed by atoms with Gasteiger partial charge in [0.15, 0.2) is 0 Å². The van der Waals surface area contributed by atoms with Gasteiger partial charge in [-0.3, -0.25) is 14.5 Å². The van der Waals surface area contributed by atoms with Crippen LogP contribution in [0, 0.1) is 11.8 Å². The molecule has 1 unspecified atom stereocenters. The van der Waals surface area contributed by atoms with E-state index in [1.165, 1.54) is 12.3 Å². The molecule has 25 heavy (non-hydrogen) atoms. The Morgan fingerprint density at radius 2 is 1.92 bits per heavy atom. The van der Waals surface area contributed by atoms with Crippen molar-refractivity contribution in [2.24, 2.45) is 11.8 Å². The Labute approximate surface area is 144 Å². The summed E-state index contributed by atoms with van der Waals surface area (Å²) in [6.07, 6.45) is 4.17. The Morgan fingerprint density at radius 3 is 2.56 bits per heavy atom. The molecule has 0 spiro atoms. The number of carbonyl (C=O) groups is 1. The first-order chi connectivity index (χ1) is 11.9. The van der Waals surface area contributed by atoms with Crippen LogP contribution in [0.5, 0.6) is 5.75 Å². The van der Waals surface area contributed by atoms with Crippen LogP contribution in [0.2, 0.25) is 0 Å². The summed E-state index contributed by atoms with van der Waals surface area (Å²) in [5.74, 6) is 1.60. The maximum absolute atomic E-state index is 12.4. The van der Waals surface area contributed by atoms with Gasteiger partial charge in [-0.25, -0.2) is 0 Å². The second-order valence-electron chi connectivity index (χ2n) is 7.08. The highest BCUT2D eigenvalue weighted by Gasteiger charge is 2.57. The molecule has 0 aliphatic heterocycles. The van der Waals surface area contributed by atoms with Crippen LogP contribution in [-0.2, 0) is 4.79 Å². The number of ether oxygens (including phenoxy) is 1. The zero-order chi connectivity index (χ0) is 17.7. The molecule has 0 amide bonds. The minimum atomic E-state index is -2.88. The molecule has 3 atom stereocenters. The third-order valence-corrected chi connectivity index (χ3v) is 5.09. The number of aromatic nitrogens is 3. The molecule has 132 valence electrons. The molecule has 0 saturated heterocycles. The number of ketones is 1. The van der Waals surface area contributed by atoms with Gasteiger partial charge in [-0.2, -0.15) is 13.9 Å². The molecule has 4 rings (SSSR count). The van der Waals surface area contributed by atoms with E-state index in [0.717, 1.165) is 5.69 Å². The Balaban J connectivity index is 1.65. The number of rotatable bonds is 5. The number of nitrogens with zero attached hydrogens (tertiary/aromatic N) is 3. The van der Waals surface area contributed by atoms with Crippen LogP contribution in [0.15, 0.2) is 24.5 Å². The highest BCUT2D eigenvalue weighted by Crippen LogP contribution is 2.62. The summed E-state index contributed by atoms with van der Waals surface area (Å²) in [7, 11) is 0. The molecule has 2 saturated carbocycles. The van der Waals surface area contributed by atoms with Gasteiger partial charge in [0.2, 0.25) is 0 Å². The fraction of sp³-hybridized carbons (Fsp3) is 0.500. The summed E-state index contributed by atoms with van der Waals surface area (Å²) in [6.45, 7) is 1.22. The van der Waals surface area contributed by atoms with E-state index in [1.54, 1.807) is 6.20 Å². The van der Waals surface area contributed by atoms with Crippen LogP contribution in [0.4, 0.5) is 8.78 Å². The smallest absolute Gasteiger partial charge is 0.387 e. The number of pyridine rings is 1. The van der Waals surface area contributed by atoms with E-state index in [4.69, 9.17) is 0 Å². The van der Waals surface area contributed by atoms with Gasteiger partial charge in [-0.05, 0) is 37.8 Å². The lowest BCUT2D eigenvalue weighted by Gasteiger charge is -2.11. The lowest BCUT2D eigenvalue weighted by molar-refractivity contribution is -0.118. The normalized spacial score (nSPS) is 24.9. The van der Waals surface area contributed by atoms with Crippen molar-refractivity contribution >= 4 is 5.78 Å². The first-order valence-corrected chi connectivity index (χ1v) is 8.45. The number of hydrogen-bond donors (Lipinski definition) is 0. The molecule has 2 aliphatic carbocycles. The van der Waals surface area contributed by atoms with E-state index in [9.17, 15) is 13.6 Å². The first-order valence-electron chi connectivity index (χ1n) is 8.45. The molecule has 2 aromatic rings. The lowest BCUT2D eigenvalue weighted by Crippen LogP contribution is -2.09. The van der Waals surface area contributed by atoms with Gasteiger partial charge in [0, 0.05) is 42.3 Å². The number of carbonyl (C=O) groups excluding carboxylic acids is 1. The van der Waals surface area contributed by atoms with Crippen LogP contribution in [0.25, 0.3) is 11.3 Å². The molecule has 2 fully saturated rings. The highest BCUT2D eigenvalue weighted by molar-refractivity contribution is 5.83. The van der Waals surface area contributed by atoms with Gasteiger partial charge in [0.25, 0.3) is 0 Å². The van der Waals surface area contributed by atoms with Crippen LogP contribution in [-0.4, -0.2) is 27.2 Å². The molecule has 7 heteroatoms. The molecule has 2 heterocycles. The van der Waals surface area contributed by atoms with Crippen molar-refractivity contribution in [1.82, 2.24) is 14.8 Å². The molecule has 0 radical (unpaired) electrons. The second kappa shape index (κ2) is 5.89. The van der Waals surface area contributed by atoms with E-state index >= 15 is 0 Å². The highest BCUT2D eigenvalue weighted by atomic mass is 19.3. The second-order valence-corrected chi connectivity index (χ2v) is 7.08. The Morgan fingerprint density at radius 1 is 1.20 bits per heavy atom. The average Bonchev–Trinajstić information content (AvgIpc) is 2.91. The van der Waals surface area contributed by atoms with Gasteiger partial charge in [-0.15, -0.1) is 0 Å². The van der Waals surface area contributed by atoms with Crippen LogP contribution >= 0.6 is 0 Å². The number of Topliss-reactive ketones (excluding diaryl/α,β-unsaturated/α-hetero) is 1. The van der Waals surface area contributed by atoms with E-state index in [-0.39, 0.29) is 11.8 Å². The molecular formula is C18H19F2N3O2. The monoisotopic (exact) mass is 347 g/mol. The SMILES string of the molecule is CC(C)n1nc(-c2cncc(OC(F)F)c2)cc1C1[C@H]2CC(=O)C[C@@H]12. The Bertz CT molecular complexity index is 804. The van der Waals surface area contributed by atoms with Crippen molar-refractivity contribution in [1.29, 1.82) is 0 Å². The molecular weight excluding hydrogens is 328 g/mol. The average molecular weight is 347 g/mol. The minimum Gasteiger partial charge on any atom is -0.433 e. The fourth-order valence-corrected chi connectivity index (χ4v) is 3.99. The van der Waals surface area contributed by atoms with Gasteiger partial charge in [-0.1, -0.05) is 0 Å². The third-order valence-electron chi connectivity index (χ3n) is 5.09. The summed E-state index contributed by atoms with van der Waals surface area (Å²) in [5, 5.41) is 4.66. The van der Waals surface area contributed by atoms with E-state index in [2.05, 4.69) is 28.7 Å². The zero-order valence-electron chi connectivity index (χ0n) is 14.0. The van der Waals surface area contributed by atoms with Crippen molar-refractivity contribution in [2.75, 3.05) is 0 Å². The number of halogens is 2. The Hall–Kier alpha value is -2.31. The quantitative estimate of drug-likeness (QED) is 0.825. The van der Waals surface area contributed by atoms with E-state index in [0.29, 0.717) is 47.6 Å². The molecule has 0 bridgehead atoms. The molecule has 0 aromatic carbocycles. The van der Waals surface area contributed by atoms with Gasteiger partial charge >= 0.3 is 6.61 Å². The van der Waals surface area contributed by atoms with E-state index < -0.39 is 6.61 Å². The lowest BCUT2D eigenvalue weighted by atomic mass is 10.1. The predicted octanol–water partition coefficient (Wildman–Crippen LogP) is 3.82. The van der Waals surface area contributed by atoms with E-state index in [1.807, 2.05) is 10.7 Å². The summed E-state index contributed by atoms with van der Waals surface area (Å²) < 4.78 is 31.2. The maximum Gasteiger partial charge on any atom is 0.387 e. The van der Waals surface area contributed by atoms with Crippen molar-refractivity contribution in [3.63, 3.8) is 0 Å². The fourth-order valence-electron chi connectivity index (χ4n) is 3.99. The van der Waals surface area contributed by atoms with Gasteiger partial charge in [0.05, 0.1) is 11.9 Å². The largest absolute Gasteiger partial charge is 0.433 e. The number of hydrogen-bond acceptors (Lipinski definition) is 4. The topological polar surface area (TPSA) is 57.0 Å². The summed E-state index contributed by atoms with van der Waals surface area (Å²) in [6, 6.07) is 3.69. The van der Waals surface area contributed by atoms with Crippen LogP contribution in [0.1, 0.15) is 44.3 Å². The van der Waals surface area contributed by atoms with Gasteiger partial charge < -0.3 is 4.74 Å². The molecule has 5 nitrogen and oxygen atoms in total. The van der Waals surface area contributed by atoms with Crippen molar-refractivity contribution in [3.8, 4) is 17.0 Å². The minimum absolute atomic E-state index is 0.0158. The van der Waals surface area contributed by atoms with Crippen LogP contribution < -0.4 is 4.74 Å². The van der Waals surface area contributed by atoms with Crippen LogP contribution in [0.3, 0.4) is 0 Å². The summed E-state index contributed by atoms with van der Waals surface area (Å²) >= 11 is 0. The standard InChI is InChI=1S/C18H19F2N3O2/c1-9(2)23-16(17-13-4-11(24)5-14(13)17)6-15(22-23)10-3-12(8-21-7-10)25-18(19)20/h3,6-9,13-14,17-18H,4-5H2,1-2H3/t13-,14+,17?. The Kier molecular flexibility index (Phi) is 3.81. The van der Waals surface area contributed by atoms with Crippen molar-refractivity contribution < 1.29 is 18.3 Å². The number of alkyl halides is 2. The van der Waals surface area contributed by atoms with Gasteiger partial charge in [0.1, 0.15) is 11.5 Å². The maximum atomic E-state index is 12.4. The third kappa shape index (κ3) is 2.92.